The van der Waals surface area contributed by atoms with Gasteiger partial charge in [0.05, 0.1) is 11.6 Å². The number of hydrogen-bond donors (Lipinski definition) is 1. The van der Waals surface area contributed by atoms with E-state index in [1.807, 2.05) is 24.3 Å². The van der Waals surface area contributed by atoms with Crippen molar-refractivity contribution >= 4 is 11.8 Å². The molecule has 7 heteroatoms. The van der Waals surface area contributed by atoms with Gasteiger partial charge in [0, 0.05) is 37.5 Å². The lowest BCUT2D eigenvalue weighted by Gasteiger charge is -2.47. The first-order valence-electron chi connectivity index (χ1n) is 9.28. The van der Waals surface area contributed by atoms with Crippen LogP contribution in [0.5, 0.6) is 0 Å². The van der Waals surface area contributed by atoms with Gasteiger partial charge in [-0.15, -0.1) is 0 Å². The zero-order valence-electron chi connectivity index (χ0n) is 14.5. The lowest BCUT2D eigenvalue weighted by atomic mass is 9.79. The predicted molar refractivity (Wildman–Crippen MR) is 90.8 cm³/mol. The average Bonchev–Trinajstić information content (AvgIpc) is 2.62. The summed E-state index contributed by atoms with van der Waals surface area (Å²) in [5, 5.41) is 2.73. The molecule has 2 unspecified atom stereocenters. The Morgan fingerprint density at radius 1 is 1.15 bits per heavy atom. The molecule has 0 bridgehead atoms. The summed E-state index contributed by atoms with van der Waals surface area (Å²) in [6.07, 6.45) is -1.44. The average molecular weight is 368 g/mol. The number of nitrogens with one attached hydrogen (secondary N) is 1. The molecule has 3 aliphatic rings. The second-order valence-corrected chi connectivity index (χ2v) is 7.65. The zero-order valence-corrected chi connectivity index (χ0v) is 14.5. The van der Waals surface area contributed by atoms with E-state index in [0.29, 0.717) is 32.4 Å². The van der Waals surface area contributed by atoms with E-state index in [-0.39, 0.29) is 18.9 Å². The molecule has 1 N–H and O–H groups in total. The molecule has 2 atom stereocenters. The number of amides is 1. The molecule has 2 heterocycles. The number of likely N-dealkylation sites (tertiary alicyclic amines) is 1. The summed E-state index contributed by atoms with van der Waals surface area (Å²) in [6.45, 7) is 1.30. The van der Waals surface area contributed by atoms with Crippen LogP contribution in [0.4, 0.5) is 23.7 Å². The summed E-state index contributed by atoms with van der Waals surface area (Å²) >= 11 is 0. The van der Waals surface area contributed by atoms with E-state index >= 15 is 0 Å². The van der Waals surface area contributed by atoms with Gasteiger partial charge in [-0.2, -0.15) is 13.2 Å². The number of piperidine rings is 1. The van der Waals surface area contributed by atoms with Crippen molar-refractivity contribution in [1.29, 1.82) is 0 Å². The van der Waals surface area contributed by atoms with E-state index in [1.165, 1.54) is 0 Å². The van der Waals surface area contributed by atoms with Gasteiger partial charge >= 0.3 is 12.3 Å². The Labute approximate surface area is 150 Å². The quantitative estimate of drug-likeness (QED) is 0.784. The fraction of sp³-hybridized carbons (Fsp3) is 0.632. The van der Waals surface area contributed by atoms with E-state index in [0.717, 1.165) is 17.7 Å². The predicted octanol–water partition coefficient (Wildman–Crippen LogP) is 4.66. The molecule has 0 radical (unpaired) electrons. The van der Waals surface area contributed by atoms with Gasteiger partial charge in [-0.05, 0) is 25.3 Å². The first kappa shape index (κ1) is 17.6. The maximum absolute atomic E-state index is 13.1. The van der Waals surface area contributed by atoms with Gasteiger partial charge in [-0.25, -0.2) is 4.79 Å². The number of halogens is 3. The van der Waals surface area contributed by atoms with Crippen molar-refractivity contribution in [1.82, 2.24) is 4.90 Å². The molecule has 1 aliphatic carbocycles. The molecule has 4 rings (SSSR count). The Bertz CT molecular complexity index is 684. The first-order chi connectivity index (χ1) is 12.4. The number of hydrogen-bond acceptors (Lipinski definition) is 3. The fourth-order valence-electron chi connectivity index (χ4n) is 4.77. The molecule has 2 aliphatic heterocycles. The Morgan fingerprint density at radius 3 is 2.62 bits per heavy atom. The van der Waals surface area contributed by atoms with Gasteiger partial charge in [0.2, 0.25) is 0 Å². The molecule has 0 aromatic heterocycles. The molecular formula is C19H23F3N2O2. The molecule has 1 spiro atoms. The minimum atomic E-state index is -4.10. The monoisotopic (exact) mass is 368 g/mol. The SMILES string of the molecule is O=C1Nc2ccccc2C2(CCN(C3CCCC(C(F)(F)F)C3)CC2)O1. The van der Waals surface area contributed by atoms with Crippen molar-refractivity contribution in [3.8, 4) is 0 Å². The van der Waals surface area contributed by atoms with Gasteiger partial charge < -0.3 is 9.64 Å². The zero-order chi connectivity index (χ0) is 18.4. The maximum atomic E-state index is 13.1. The molecule has 1 saturated carbocycles. The van der Waals surface area contributed by atoms with Crippen LogP contribution in [-0.4, -0.2) is 36.3 Å². The molecule has 4 nitrogen and oxygen atoms in total. The number of benzene rings is 1. The summed E-state index contributed by atoms with van der Waals surface area (Å²) in [7, 11) is 0. The van der Waals surface area contributed by atoms with E-state index in [2.05, 4.69) is 10.2 Å². The molecule has 1 aromatic rings. The van der Waals surface area contributed by atoms with Crippen LogP contribution in [0.1, 0.15) is 44.1 Å². The van der Waals surface area contributed by atoms with E-state index in [1.54, 1.807) is 0 Å². The molecule has 26 heavy (non-hydrogen) atoms. The summed E-state index contributed by atoms with van der Waals surface area (Å²) < 4.78 is 45.0. The second-order valence-electron chi connectivity index (χ2n) is 7.65. The van der Waals surface area contributed by atoms with Crippen LogP contribution in [-0.2, 0) is 10.3 Å². The molecule has 142 valence electrons. The number of rotatable bonds is 1. The summed E-state index contributed by atoms with van der Waals surface area (Å²) in [5.74, 6) is -1.19. The van der Waals surface area contributed by atoms with Crippen molar-refractivity contribution in [3.05, 3.63) is 29.8 Å². The highest BCUT2D eigenvalue weighted by Gasteiger charge is 2.47. The third-order valence-corrected chi connectivity index (χ3v) is 6.17. The first-order valence-corrected chi connectivity index (χ1v) is 9.28. The minimum absolute atomic E-state index is 0.0274. The third kappa shape index (κ3) is 3.17. The standard InChI is InChI=1S/C19H23F3N2O2/c20-19(21,22)13-4-3-5-14(12-13)24-10-8-18(9-11-24)15-6-1-2-7-16(15)23-17(25)26-18/h1-2,6-7,13-14H,3-5,8-12H2,(H,23,25). The topological polar surface area (TPSA) is 41.6 Å². The lowest BCUT2D eigenvalue weighted by Crippen LogP contribution is -2.52. The van der Waals surface area contributed by atoms with Crippen molar-refractivity contribution in [2.45, 2.75) is 56.3 Å². The smallest absolute Gasteiger partial charge is 0.412 e. The van der Waals surface area contributed by atoms with Crippen LogP contribution in [0.3, 0.4) is 0 Å². The summed E-state index contributed by atoms with van der Waals surface area (Å²) in [6, 6.07) is 7.58. The Hall–Kier alpha value is -1.76. The highest BCUT2D eigenvalue weighted by molar-refractivity contribution is 5.88. The number of anilines is 1. The molecule has 2 fully saturated rings. The number of nitrogens with zero attached hydrogens (tertiary/aromatic N) is 1. The van der Waals surface area contributed by atoms with E-state index in [9.17, 15) is 18.0 Å². The van der Waals surface area contributed by atoms with Crippen LogP contribution in [0.15, 0.2) is 24.3 Å². The van der Waals surface area contributed by atoms with Gasteiger partial charge in [-0.3, -0.25) is 5.32 Å². The second kappa shape index (κ2) is 6.44. The number of alkyl halides is 3. The normalized spacial score (nSPS) is 29.0. The van der Waals surface area contributed by atoms with Crippen molar-refractivity contribution in [3.63, 3.8) is 0 Å². The van der Waals surface area contributed by atoms with Crippen molar-refractivity contribution < 1.29 is 22.7 Å². The number of carbonyl (C=O) groups excluding carboxylic acids is 1. The summed E-state index contributed by atoms with van der Waals surface area (Å²) in [5.41, 5.74) is 1.08. The van der Waals surface area contributed by atoms with Crippen LogP contribution >= 0.6 is 0 Å². The van der Waals surface area contributed by atoms with Gasteiger partial charge in [0.15, 0.2) is 0 Å². The third-order valence-electron chi connectivity index (χ3n) is 6.17. The van der Waals surface area contributed by atoms with Gasteiger partial charge in [-0.1, -0.05) is 24.6 Å². The van der Waals surface area contributed by atoms with Crippen LogP contribution in [0.2, 0.25) is 0 Å². The number of para-hydroxylation sites is 1. The van der Waals surface area contributed by atoms with Crippen LogP contribution in [0, 0.1) is 5.92 Å². The van der Waals surface area contributed by atoms with Crippen molar-refractivity contribution in [2.24, 2.45) is 5.92 Å². The Kier molecular flexibility index (Phi) is 4.37. The summed E-state index contributed by atoms with van der Waals surface area (Å²) in [4.78, 5) is 14.1. The Balaban J connectivity index is 1.47. The van der Waals surface area contributed by atoms with E-state index < -0.39 is 23.8 Å². The van der Waals surface area contributed by atoms with Gasteiger partial charge in [0.25, 0.3) is 0 Å². The molecule has 1 aromatic carbocycles. The minimum Gasteiger partial charge on any atom is -0.438 e. The maximum Gasteiger partial charge on any atom is 0.412 e. The molecule has 1 amide bonds. The number of carbonyl (C=O) groups is 1. The Morgan fingerprint density at radius 2 is 1.88 bits per heavy atom. The largest absolute Gasteiger partial charge is 0.438 e. The number of ether oxygens (including phenoxy) is 1. The van der Waals surface area contributed by atoms with E-state index in [4.69, 9.17) is 4.74 Å². The fourth-order valence-corrected chi connectivity index (χ4v) is 4.77. The highest BCUT2D eigenvalue weighted by Crippen LogP contribution is 2.45. The van der Waals surface area contributed by atoms with Crippen LogP contribution in [0.25, 0.3) is 0 Å². The lowest BCUT2D eigenvalue weighted by molar-refractivity contribution is -0.188. The highest BCUT2D eigenvalue weighted by atomic mass is 19.4. The molecular weight excluding hydrogens is 345 g/mol. The van der Waals surface area contributed by atoms with Gasteiger partial charge in [0.1, 0.15) is 5.60 Å². The molecule has 1 saturated heterocycles. The number of fused-ring (bicyclic) bond motifs is 2. The van der Waals surface area contributed by atoms with Crippen molar-refractivity contribution in [2.75, 3.05) is 18.4 Å². The van der Waals surface area contributed by atoms with Crippen LogP contribution < -0.4 is 5.32 Å².